The molecule has 0 heterocycles. The van der Waals surface area contributed by atoms with Gasteiger partial charge in [0.1, 0.15) is 29.8 Å². The maximum atomic E-state index is 12.9. The molecule has 8 heteroatoms. The summed E-state index contributed by atoms with van der Waals surface area (Å²) in [5, 5.41) is 22.8. The number of nitro benzene ring substituents is 1. The number of amides is 1. The number of carbonyl (C=O) groups excluding carboxylic acids is 1. The van der Waals surface area contributed by atoms with Gasteiger partial charge in [0.05, 0.1) is 4.92 Å². The molecule has 0 atom stereocenters. The smallest absolute Gasteiger partial charge is 0.269 e. The van der Waals surface area contributed by atoms with E-state index in [1.807, 2.05) is 6.07 Å². The molecule has 1 N–H and O–H groups in total. The standard InChI is InChI=1S/C24H18FN3O4/c1-16-12-21(28(30)31)8-11-23(16)27-24(29)19(14-26)13-17-4-9-22(10-5-17)32-15-18-2-6-20(25)7-3-18/h2-13H,15H2,1H3,(H,27,29)/b19-13+. The summed E-state index contributed by atoms with van der Waals surface area (Å²) < 4.78 is 18.6. The molecule has 0 spiro atoms. The average molecular weight is 431 g/mol. The molecule has 32 heavy (non-hydrogen) atoms. The molecule has 7 nitrogen and oxygen atoms in total. The van der Waals surface area contributed by atoms with E-state index >= 15 is 0 Å². The Morgan fingerprint density at radius 1 is 1.16 bits per heavy atom. The van der Waals surface area contributed by atoms with E-state index in [1.165, 1.54) is 36.4 Å². The Morgan fingerprint density at radius 2 is 1.84 bits per heavy atom. The van der Waals surface area contributed by atoms with Gasteiger partial charge in [-0.15, -0.1) is 0 Å². The molecule has 0 aliphatic rings. The van der Waals surface area contributed by atoms with Crippen molar-refractivity contribution in [1.29, 1.82) is 5.26 Å². The number of benzene rings is 3. The Balaban J connectivity index is 1.66. The minimum atomic E-state index is -0.624. The van der Waals surface area contributed by atoms with E-state index in [9.17, 15) is 24.6 Å². The second-order valence-corrected chi connectivity index (χ2v) is 6.86. The van der Waals surface area contributed by atoms with Gasteiger partial charge >= 0.3 is 0 Å². The molecule has 3 rings (SSSR count). The third-order valence-corrected chi connectivity index (χ3v) is 4.54. The second-order valence-electron chi connectivity index (χ2n) is 6.86. The zero-order valence-electron chi connectivity index (χ0n) is 17.0. The van der Waals surface area contributed by atoms with Crippen LogP contribution >= 0.6 is 0 Å². The highest BCUT2D eigenvalue weighted by Gasteiger charge is 2.13. The van der Waals surface area contributed by atoms with Crippen molar-refractivity contribution in [3.05, 3.63) is 105 Å². The first kappa shape index (κ1) is 22.2. The first-order valence-electron chi connectivity index (χ1n) is 9.51. The summed E-state index contributed by atoms with van der Waals surface area (Å²) in [6, 6.07) is 18.7. The number of carbonyl (C=O) groups is 1. The fourth-order valence-corrected chi connectivity index (χ4v) is 2.81. The lowest BCUT2D eigenvalue weighted by molar-refractivity contribution is -0.384. The van der Waals surface area contributed by atoms with Gasteiger partial charge in [-0.05, 0) is 60.0 Å². The average Bonchev–Trinajstić information content (AvgIpc) is 2.79. The Labute approximate surface area is 183 Å². The number of non-ortho nitro benzene ring substituents is 1. The first-order valence-corrected chi connectivity index (χ1v) is 9.51. The Morgan fingerprint density at radius 3 is 2.44 bits per heavy atom. The van der Waals surface area contributed by atoms with Crippen molar-refractivity contribution in [3.63, 3.8) is 0 Å². The lowest BCUT2D eigenvalue weighted by Crippen LogP contribution is -2.14. The van der Waals surface area contributed by atoms with E-state index in [0.29, 0.717) is 22.6 Å². The number of rotatable bonds is 7. The molecule has 0 unspecified atom stereocenters. The summed E-state index contributed by atoms with van der Waals surface area (Å²) >= 11 is 0. The number of nitrogens with one attached hydrogen (secondary N) is 1. The molecule has 0 bridgehead atoms. The third kappa shape index (κ3) is 5.77. The molecule has 0 saturated heterocycles. The second kappa shape index (κ2) is 10.00. The Kier molecular flexibility index (Phi) is 6.93. The lowest BCUT2D eigenvalue weighted by Gasteiger charge is -2.08. The van der Waals surface area contributed by atoms with E-state index < -0.39 is 10.8 Å². The minimum absolute atomic E-state index is 0.0849. The van der Waals surface area contributed by atoms with Gasteiger partial charge in [0.15, 0.2) is 0 Å². The molecule has 0 radical (unpaired) electrons. The summed E-state index contributed by atoms with van der Waals surface area (Å²) in [5.41, 5.74) is 2.12. The number of nitro groups is 1. The Hall–Kier alpha value is -4.51. The first-order chi connectivity index (χ1) is 15.4. The number of anilines is 1. The number of halogens is 1. The van der Waals surface area contributed by atoms with Crippen LogP contribution < -0.4 is 10.1 Å². The van der Waals surface area contributed by atoms with Crippen molar-refractivity contribution in [1.82, 2.24) is 0 Å². The van der Waals surface area contributed by atoms with Crippen molar-refractivity contribution in [2.45, 2.75) is 13.5 Å². The Bertz CT molecular complexity index is 1210. The van der Waals surface area contributed by atoms with E-state index in [-0.39, 0.29) is 23.7 Å². The number of ether oxygens (including phenoxy) is 1. The van der Waals surface area contributed by atoms with Crippen LogP contribution in [0.4, 0.5) is 15.8 Å². The number of aryl methyl sites for hydroxylation is 1. The van der Waals surface area contributed by atoms with Crippen molar-refractivity contribution in [2.24, 2.45) is 0 Å². The zero-order chi connectivity index (χ0) is 23.1. The molecule has 0 aromatic heterocycles. The summed E-state index contributed by atoms with van der Waals surface area (Å²) in [6.45, 7) is 1.90. The zero-order valence-corrected chi connectivity index (χ0v) is 17.0. The van der Waals surface area contributed by atoms with Crippen molar-refractivity contribution in [3.8, 4) is 11.8 Å². The van der Waals surface area contributed by atoms with E-state index in [2.05, 4.69) is 5.32 Å². The van der Waals surface area contributed by atoms with Gasteiger partial charge in [-0.25, -0.2) is 4.39 Å². The molecular weight excluding hydrogens is 413 g/mol. The van der Waals surface area contributed by atoms with Gasteiger partial charge in [-0.1, -0.05) is 24.3 Å². The van der Waals surface area contributed by atoms with Gasteiger partial charge in [0, 0.05) is 17.8 Å². The van der Waals surface area contributed by atoms with E-state index in [4.69, 9.17) is 4.74 Å². The fourth-order valence-electron chi connectivity index (χ4n) is 2.81. The monoisotopic (exact) mass is 431 g/mol. The summed E-state index contributed by atoms with van der Waals surface area (Å²) in [5.74, 6) is -0.358. The topological polar surface area (TPSA) is 105 Å². The van der Waals surface area contributed by atoms with Gasteiger partial charge in [-0.2, -0.15) is 5.26 Å². The molecule has 0 saturated carbocycles. The maximum absolute atomic E-state index is 12.9. The third-order valence-electron chi connectivity index (χ3n) is 4.54. The molecule has 0 aliphatic carbocycles. The van der Waals surface area contributed by atoms with Crippen molar-refractivity contribution >= 4 is 23.4 Å². The summed E-state index contributed by atoms with van der Waals surface area (Å²) in [7, 11) is 0. The van der Waals surface area contributed by atoms with Crippen LogP contribution in [0.2, 0.25) is 0 Å². The molecule has 3 aromatic carbocycles. The number of hydrogen-bond donors (Lipinski definition) is 1. The molecule has 1 amide bonds. The van der Waals surface area contributed by atoms with Crippen LogP contribution in [0.15, 0.2) is 72.3 Å². The predicted octanol–water partition coefficient (Wildman–Crippen LogP) is 5.17. The van der Waals surface area contributed by atoms with E-state index in [1.54, 1.807) is 43.3 Å². The predicted molar refractivity (Wildman–Crippen MR) is 117 cm³/mol. The highest BCUT2D eigenvalue weighted by Crippen LogP contribution is 2.22. The van der Waals surface area contributed by atoms with E-state index in [0.717, 1.165) is 5.56 Å². The fraction of sp³-hybridized carbons (Fsp3) is 0.0833. The normalized spacial score (nSPS) is 10.8. The van der Waals surface area contributed by atoms with Crippen LogP contribution in [0.1, 0.15) is 16.7 Å². The quantitative estimate of drug-likeness (QED) is 0.241. The van der Waals surface area contributed by atoms with Crippen LogP contribution in [0.3, 0.4) is 0 Å². The minimum Gasteiger partial charge on any atom is -0.489 e. The van der Waals surface area contributed by atoms with Crippen LogP contribution in [-0.2, 0) is 11.4 Å². The van der Waals surface area contributed by atoms with Crippen LogP contribution in [-0.4, -0.2) is 10.8 Å². The van der Waals surface area contributed by atoms with Gasteiger partial charge in [0.2, 0.25) is 0 Å². The molecule has 0 fully saturated rings. The summed E-state index contributed by atoms with van der Waals surface area (Å²) in [4.78, 5) is 22.8. The number of nitrogens with zero attached hydrogens (tertiary/aromatic N) is 2. The van der Waals surface area contributed by atoms with Crippen molar-refractivity contribution in [2.75, 3.05) is 5.32 Å². The van der Waals surface area contributed by atoms with Crippen LogP contribution in [0.25, 0.3) is 6.08 Å². The van der Waals surface area contributed by atoms with Crippen LogP contribution in [0.5, 0.6) is 5.75 Å². The summed E-state index contributed by atoms with van der Waals surface area (Å²) in [6.07, 6.45) is 1.43. The molecule has 160 valence electrons. The number of hydrogen-bond acceptors (Lipinski definition) is 5. The highest BCUT2D eigenvalue weighted by atomic mass is 19.1. The largest absolute Gasteiger partial charge is 0.489 e. The van der Waals surface area contributed by atoms with Gasteiger partial charge in [0.25, 0.3) is 11.6 Å². The SMILES string of the molecule is Cc1cc([N+](=O)[O-])ccc1NC(=O)/C(C#N)=C/c1ccc(OCc2ccc(F)cc2)cc1. The van der Waals surface area contributed by atoms with Gasteiger partial charge < -0.3 is 10.1 Å². The van der Waals surface area contributed by atoms with Crippen molar-refractivity contribution < 1.29 is 18.8 Å². The highest BCUT2D eigenvalue weighted by molar-refractivity contribution is 6.10. The maximum Gasteiger partial charge on any atom is 0.269 e. The number of nitriles is 1. The van der Waals surface area contributed by atoms with Crippen LogP contribution in [0, 0.1) is 34.2 Å². The molecular formula is C24H18FN3O4. The molecule has 3 aromatic rings. The van der Waals surface area contributed by atoms with Gasteiger partial charge in [-0.3, -0.25) is 14.9 Å². The lowest BCUT2D eigenvalue weighted by atomic mass is 10.1. The molecule has 0 aliphatic heterocycles.